The van der Waals surface area contributed by atoms with Gasteiger partial charge in [-0.3, -0.25) is 4.79 Å². The molecule has 6 heteroatoms. The summed E-state index contributed by atoms with van der Waals surface area (Å²) in [6.07, 6.45) is -0.909. The lowest BCUT2D eigenvalue weighted by Crippen LogP contribution is -2.36. The third-order valence-corrected chi connectivity index (χ3v) is 4.42. The van der Waals surface area contributed by atoms with Gasteiger partial charge in [0, 0.05) is 6.54 Å². The third kappa shape index (κ3) is 7.51. The summed E-state index contributed by atoms with van der Waals surface area (Å²) in [5.41, 5.74) is 2.04. The molecule has 1 unspecified atom stereocenters. The van der Waals surface area contributed by atoms with Crippen LogP contribution in [-0.2, 0) is 27.5 Å². The Labute approximate surface area is 181 Å². The molecule has 3 rings (SSSR count). The maximum absolute atomic E-state index is 12.1. The van der Waals surface area contributed by atoms with Gasteiger partial charge in [0.1, 0.15) is 18.1 Å². The molecule has 3 aromatic rings. The fourth-order valence-corrected chi connectivity index (χ4v) is 2.73. The van der Waals surface area contributed by atoms with E-state index in [9.17, 15) is 9.59 Å². The Morgan fingerprint density at radius 2 is 1.32 bits per heavy atom. The molecule has 0 fully saturated rings. The number of ether oxygens (including phenoxy) is 3. The van der Waals surface area contributed by atoms with Crippen molar-refractivity contribution in [3.05, 3.63) is 96.1 Å². The normalized spacial score (nSPS) is 11.3. The van der Waals surface area contributed by atoms with E-state index in [1.165, 1.54) is 6.92 Å². The number of amides is 1. The van der Waals surface area contributed by atoms with Crippen molar-refractivity contribution in [3.8, 4) is 11.5 Å². The van der Waals surface area contributed by atoms with Gasteiger partial charge in [0.25, 0.3) is 5.91 Å². The summed E-state index contributed by atoms with van der Waals surface area (Å²) in [4.78, 5) is 24.1. The first kappa shape index (κ1) is 21.9. The Kier molecular flexibility index (Phi) is 8.05. The number of rotatable bonds is 10. The second-order valence-electron chi connectivity index (χ2n) is 6.87. The van der Waals surface area contributed by atoms with E-state index in [0.717, 1.165) is 11.1 Å². The van der Waals surface area contributed by atoms with Gasteiger partial charge in [0.05, 0.1) is 0 Å². The number of hydrogen-bond acceptors (Lipinski definition) is 5. The zero-order valence-corrected chi connectivity index (χ0v) is 17.3. The summed E-state index contributed by atoms with van der Waals surface area (Å²) >= 11 is 0. The van der Waals surface area contributed by atoms with E-state index in [1.54, 1.807) is 24.3 Å². The van der Waals surface area contributed by atoms with Gasteiger partial charge >= 0.3 is 5.97 Å². The van der Waals surface area contributed by atoms with Crippen molar-refractivity contribution in [2.75, 3.05) is 6.61 Å². The molecule has 0 saturated heterocycles. The molecule has 1 amide bonds. The van der Waals surface area contributed by atoms with E-state index in [-0.39, 0.29) is 12.5 Å². The standard InChI is InChI=1S/C25H25NO5/c1-19(25(28)26-16-20-8-4-2-5-9-20)31-24(27)18-30-23-14-12-22(13-15-23)29-17-21-10-6-3-7-11-21/h2-15,19H,16-18H2,1H3,(H,26,28). The van der Waals surface area contributed by atoms with Crippen LogP contribution in [0.3, 0.4) is 0 Å². The van der Waals surface area contributed by atoms with Gasteiger partial charge in [-0.05, 0) is 42.3 Å². The fourth-order valence-electron chi connectivity index (χ4n) is 2.73. The number of nitrogens with one attached hydrogen (secondary N) is 1. The molecule has 0 aliphatic heterocycles. The number of carbonyl (C=O) groups excluding carboxylic acids is 2. The lowest BCUT2D eigenvalue weighted by molar-refractivity contribution is -0.156. The van der Waals surface area contributed by atoms with Crippen molar-refractivity contribution in [1.29, 1.82) is 0 Å². The molecule has 160 valence electrons. The summed E-state index contributed by atoms with van der Waals surface area (Å²) in [6, 6.07) is 26.3. The van der Waals surface area contributed by atoms with Crippen LogP contribution >= 0.6 is 0 Å². The monoisotopic (exact) mass is 419 g/mol. The number of carbonyl (C=O) groups is 2. The van der Waals surface area contributed by atoms with Crippen LogP contribution in [0.4, 0.5) is 0 Å². The minimum Gasteiger partial charge on any atom is -0.489 e. The minimum atomic E-state index is -0.909. The van der Waals surface area contributed by atoms with Gasteiger partial charge in [0.2, 0.25) is 0 Å². The van der Waals surface area contributed by atoms with E-state index >= 15 is 0 Å². The summed E-state index contributed by atoms with van der Waals surface area (Å²) in [6.45, 7) is 2.08. The molecule has 0 radical (unpaired) electrons. The second-order valence-corrected chi connectivity index (χ2v) is 6.87. The van der Waals surface area contributed by atoms with Crippen LogP contribution < -0.4 is 14.8 Å². The minimum absolute atomic E-state index is 0.291. The van der Waals surface area contributed by atoms with Crippen LogP contribution in [0.15, 0.2) is 84.9 Å². The maximum Gasteiger partial charge on any atom is 0.344 e. The predicted molar refractivity (Wildman–Crippen MR) is 117 cm³/mol. The van der Waals surface area contributed by atoms with Crippen molar-refractivity contribution >= 4 is 11.9 Å². The van der Waals surface area contributed by atoms with Gasteiger partial charge in [-0.15, -0.1) is 0 Å². The fraction of sp³-hybridized carbons (Fsp3) is 0.200. The molecule has 0 spiro atoms. The van der Waals surface area contributed by atoms with Crippen LogP contribution in [-0.4, -0.2) is 24.6 Å². The summed E-state index contributed by atoms with van der Waals surface area (Å²) in [7, 11) is 0. The second kappa shape index (κ2) is 11.4. The number of esters is 1. The molecule has 3 aromatic carbocycles. The lowest BCUT2D eigenvalue weighted by Gasteiger charge is -2.14. The Morgan fingerprint density at radius 3 is 1.94 bits per heavy atom. The highest BCUT2D eigenvalue weighted by Gasteiger charge is 2.17. The summed E-state index contributed by atoms with van der Waals surface area (Å²) in [5.74, 6) is 0.219. The zero-order valence-electron chi connectivity index (χ0n) is 17.3. The maximum atomic E-state index is 12.1. The van der Waals surface area contributed by atoms with Crippen LogP contribution in [0, 0.1) is 0 Å². The number of hydrogen-bond donors (Lipinski definition) is 1. The first-order valence-electron chi connectivity index (χ1n) is 10.0. The topological polar surface area (TPSA) is 73.9 Å². The highest BCUT2D eigenvalue weighted by Crippen LogP contribution is 2.18. The van der Waals surface area contributed by atoms with Gasteiger partial charge < -0.3 is 19.5 Å². The third-order valence-electron chi connectivity index (χ3n) is 4.42. The SMILES string of the molecule is CC(OC(=O)COc1ccc(OCc2ccccc2)cc1)C(=O)NCc1ccccc1. The van der Waals surface area contributed by atoms with Gasteiger partial charge in [-0.2, -0.15) is 0 Å². The average Bonchev–Trinajstić information content (AvgIpc) is 2.82. The van der Waals surface area contributed by atoms with Crippen LogP contribution in [0.25, 0.3) is 0 Å². The molecule has 1 atom stereocenters. The molecule has 1 N–H and O–H groups in total. The molecule has 31 heavy (non-hydrogen) atoms. The van der Waals surface area contributed by atoms with Crippen LogP contribution in [0.5, 0.6) is 11.5 Å². The molecule has 0 saturated carbocycles. The Hall–Kier alpha value is -3.80. The quantitative estimate of drug-likeness (QED) is 0.505. The van der Waals surface area contributed by atoms with E-state index in [0.29, 0.717) is 24.7 Å². The molecular formula is C25H25NO5. The first-order valence-corrected chi connectivity index (χ1v) is 10.0. The first-order chi connectivity index (χ1) is 15.1. The van der Waals surface area contributed by atoms with Crippen molar-refractivity contribution in [2.45, 2.75) is 26.2 Å². The molecule has 0 aromatic heterocycles. The van der Waals surface area contributed by atoms with E-state index in [2.05, 4.69) is 5.32 Å². The molecule has 0 aliphatic rings. The Balaban J connectivity index is 1.37. The molecule has 6 nitrogen and oxygen atoms in total. The molecule has 0 heterocycles. The van der Waals surface area contributed by atoms with Crippen LogP contribution in [0.1, 0.15) is 18.1 Å². The zero-order chi connectivity index (χ0) is 21.9. The molecule has 0 bridgehead atoms. The van der Waals surface area contributed by atoms with Crippen molar-refractivity contribution in [2.24, 2.45) is 0 Å². The highest BCUT2D eigenvalue weighted by molar-refractivity contribution is 5.83. The van der Waals surface area contributed by atoms with E-state index in [1.807, 2.05) is 60.7 Å². The molecular weight excluding hydrogens is 394 g/mol. The number of benzene rings is 3. The van der Waals surface area contributed by atoms with Gasteiger partial charge in [-0.1, -0.05) is 60.7 Å². The summed E-state index contributed by atoms with van der Waals surface area (Å²) in [5, 5.41) is 2.74. The highest BCUT2D eigenvalue weighted by atomic mass is 16.6. The van der Waals surface area contributed by atoms with Crippen molar-refractivity contribution < 1.29 is 23.8 Å². The average molecular weight is 419 g/mol. The predicted octanol–water partition coefficient (Wildman–Crippen LogP) is 3.89. The van der Waals surface area contributed by atoms with Gasteiger partial charge in [-0.25, -0.2) is 4.79 Å². The Morgan fingerprint density at radius 1 is 0.774 bits per heavy atom. The molecule has 0 aliphatic carbocycles. The van der Waals surface area contributed by atoms with Crippen LogP contribution in [0.2, 0.25) is 0 Å². The van der Waals surface area contributed by atoms with E-state index < -0.39 is 12.1 Å². The van der Waals surface area contributed by atoms with E-state index in [4.69, 9.17) is 14.2 Å². The lowest BCUT2D eigenvalue weighted by atomic mass is 10.2. The smallest absolute Gasteiger partial charge is 0.344 e. The summed E-state index contributed by atoms with van der Waals surface area (Å²) < 4.78 is 16.3. The Bertz CT molecular complexity index is 958. The van der Waals surface area contributed by atoms with Crippen molar-refractivity contribution in [1.82, 2.24) is 5.32 Å². The van der Waals surface area contributed by atoms with Crippen molar-refractivity contribution in [3.63, 3.8) is 0 Å². The largest absolute Gasteiger partial charge is 0.489 e. The van der Waals surface area contributed by atoms with Gasteiger partial charge in [0.15, 0.2) is 12.7 Å².